The molecule has 1 rings (SSSR count). The van der Waals surface area contributed by atoms with Crippen molar-refractivity contribution in [1.82, 2.24) is 0 Å². The largest absolute Gasteiger partial charge is 0.494 e. The van der Waals surface area contributed by atoms with E-state index in [1.165, 1.54) is 0 Å². The van der Waals surface area contributed by atoms with Gasteiger partial charge in [0, 0.05) is 0 Å². The number of esters is 1. The Morgan fingerprint density at radius 1 is 1.73 bits per heavy atom. The van der Waals surface area contributed by atoms with Crippen LogP contribution in [-0.2, 0) is 35.2 Å². The number of hydrogen-bond donors (Lipinski definition) is 2. The van der Waals surface area contributed by atoms with Crippen LogP contribution in [0.4, 0.5) is 0 Å². The Kier molecular flexibility index (Phi) is 3.54. The second-order valence-electron chi connectivity index (χ2n) is 2.95. The molecule has 0 fully saturated rings. The van der Waals surface area contributed by atoms with Crippen molar-refractivity contribution in [2.24, 2.45) is 5.73 Å². The molecule has 1 atom stereocenters. The molecule has 1 aliphatic heterocycles. The van der Waals surface area contributed by atoms with Gasteiger partial charge < -0.3 is 30.4 Å². The van der Waals surface area contributed by atoms with Gasteiger partial charge in [0.15, 0.2) is 4.91 Å². The first-order valence-corrected chi connectivity index (χ1v) is 5.30. The highest BCUT2D eigenvalue weighted by molar-refractivity contribution is 7.85. The minimum atomic E-state index is -0.546. The number of nitrogens with zero attached hydrogens (tertiary/aromatic N) is 2. The molecule has 0 saturated heterocycles. The van der Waals surface area contributed by atoms with E-state index in [0.717, 1.165) is 4.09 Å². The van der Waals surface area contributed by atoms with E-state index in [1.807, 2.05) is 0 Å². The molecule has 1 aliphatic rings. The Bertz CT molecular complexity index is 376. The molecule has 1 unspecified atom stereocenters. The lowest BCUT2D eigenvalue weighted by molar-refractivity contribution is -1.16. The summed E-state index contributed by atoms with van der Waals surface area (Å²) in [6.45, 7) is 1.97. The molecular formula is C7H11N3O2S3. The van der Waals surface area contributed by atoms with Crippen LogP contribution in [0.1, 0.15) is 6.92 Å². The van der Waals surface area contributed by atoms with Crippen LogP contribution < -0.4 is 5.73 Å². The van der Waals surface area contributed by atoms with Gasteiger partial charge in [-0.05, 0) is 6.92 Å². The quantitative estimate of drug-likeness (QED) is 0.229. The van der Waals surface area contributed by atoms with Crippen LogP contribution in [-0.4, -0.2) is 33.5 Å². The summed E-state index contributed by atoms with van der Waals surface area (Å²) < 4.78 is 5.64. The van der Waals surface area contributed by atoms with Crippen molar-refractivity contribution in [2.45, 2.75) is 6.92 Å². The minimum absolute atomic E-state index is 0.169. The summed E-state index contributed by atoms with van der Waals surface area (Å²) in [5.74, 6) is -0.357. The summed E-state index contributed by atoms with van der Waals surface area (Å²) in [6, 6.07) is 0. The first kappa shape index (κ1) is 12.6. The summed E-state index contributed by atoms with van der Waals surface area (Å²) in [4.78, 5) is 11.9. The summed E-state index contributed by atoms with van der Waals surface area (Å²) >= 11 is 14.2. The van der Waals surface area contributed by atoms with Gasteiger partial charge in [0.1, 0.15) is 0 Å². The third-order valence-corrected chi connectivity index (χ3v) is 3.32. The van der Waals surface area contributed by atoms with Crippen molar-refractivity contribution < 1.29 is 17.6 Å². The van der Waals surface area contributed by atoms with Gasteiger partial charge in [0.25, 0.3) is 5.70 Å². The average Bonchev–Trinajstić information content (AvgIpc) is 2.28. The zero-order valence-corrected chi connectivity index (χ0v) is 10.8. The first-order valence-electron chi connectivity index (χ1n) is 4.13. The number of carbonyl (C=O) groups is 1. The zero-order valence-electron chi connectivity index (χ0n) is 8.26. The highest BCUT2D eigenvalue weighted by Gasteiger charge is 2.40. The maximum Gasteiger partial charge on any atom is 0.396 e. The molecule has 0 spiro atoms. The summed E-state index contributed by atoms with van der Waals surface area (Å²) in [5.41, 5.74) is 5.80. The van der Waals surface area contributed by atoms with Gasteiger partial charge in [-0.15, -0.1) is 12.6 Å². The molecule has 0 aromatic rings. The first-order chi connectivity index (χ1) is 6.84. The van der Waals surface area contributed by atoms with E-state index in [-0.39, 0.29) is 27.0 Å². The smallest absolute Gasteiger partial charge is 0.396 e. The van der Waals surface area contributed by atoms with Crippen molar-refractivity contribution in [1.29, 1.82) is 0 Å². The molecular weight excluding hydrogens is 254 g/mol. The van der Waals surface area contributed by atoms with Gasteiger partial charge >= 0.3 is 11.8 Å². The summed E-state index contributed by atoms with van der Waals surface area (Å²) in [6.07, 6.45) is 0. The van der Waals surface area contributed by atoms with Gasteiger partial charge in [0.2, 0.25) is 0 Å². The van der Waals surface area contributed by atoms with Gasteiger partial charge in [-0.3, -0.25) is 5.73 Å². The fourth-order valence-corrected chi connectivity index (χ4v) is 2.11. The number of ether oxygens (including phenoxy) is 1. The van der Waals surface area contributed by atoms with E-state index in [0.29, 0.717) is 0 Å². The van der Waals surface area contributed by atoms with Crippen LogP contribution in [0, 0.1) is 0 Å². The van der Waals surface area contributed by atoms with Gasteiger partial charge in [-0.2, -0.15) is 0 Å². The van der Waals surface area contributed by atoms with Crippen LogP contribution in [0.15, 0.2) is 10.6 Å². The van der Waals surface area contributed by atoms with Gasteiger partial charge in [0.05, 0.1) is 13.7 Å². The lowest BCUT2D eigenvalue weighted by Crippen LogP contribution is -2.45. The Labute approximate surface area is 105 Å². The number of carbonyl (C=O) groups excluding carboxylic acids is 1. The van der Waals surface area contributed by atoms with Crippen molar-refractivity contribution >= 4 is 50.1 Å². The number of thiol groups is 1. The van der Waals surface area contributed by atoms with Crippen LogP contribution in [0.5, 0.6) is 0 Å². The molecule has 8 heteroatoms. The normalized spacial score (nSPS) is 26.1. The Morgan fingerprint density at radius 3 is 2.60 bits per heavy atom. The molecule has 0 radical (unpaired) electrons. The van der Waals surface area contributed by atoms with E-state index < -0.39 is 5.97 Å². The zero-order chi connectivity index (χ0) is 11.8. The molecule has 0 saturated carbocycles. The predicted molar refractivity (Wildman–Crippen MR) is 63.0 cm³/mol. The highest BCUT2D eigenvalue weighted by Crippen LogP contribution is 2.27. The molecule has 0 aromatic carbocycles. The van der Waals surface area contributed by atoms with Crippen LogP contribution in [0.3, 0.4) is 0 Å². The Morgan fingerprint density at radius 2 is 2.27 bits per heavy atom. The molecule has 2 N–H and O–H groups in total. The number of nitrogens with two attached hydrogens (primary N) is 1. The average molecular weight is 265 g/mol. The second kappa shape index (κ2) is 4.20. The lowest BCUT2D eigenvalue weighted by Gasteiger charge is -2.37. The molecule has 0 aliphatic carbocycles. The molecule has 5 nitrogen and oxygen atoms in total. The van der Waals surface area contributed by atoms with Crippen LogP contribution >= 0.6 is 12.6 Å². The molecule has 15 heavy (non-hydrogen) atoms. The molecule has 84 valence electrons. The number of amidine groups is 1. The van der Waals surface area contributed by atoms with E-state index in [9.17, 15) is 4.79 Å². The summed E-state index contributed by atoms with van der Waals surface area (Å²) in [7, 11) is 1.56. The highest BCUT2D eigenvalue weighted by atomic mass is 32.1. The maximum atomic E-state index is 11.6. The van der Waals surface area contributed by atoms with Crippen molar-refractivity contribution in [2.75, 3.05) is 13.7 Å². The van der Waals surface area contributed by atoms with E-state index in [2.05, 4.69) is 12.6 Å². The van der Waals surface area contributed by atoms with Crippen LogP contribution in [0.25, 0.3) is 0 Å². The molecule has 1 heterocycles. The van der Waals surface area contributed by atoms with Crippen LogP contribution in [0.2, 0.25) is 0 Å². The fraction of sp³-hybridized carbons (Fsp3) is 0.429. The van der Waals surface area contributed by atoms with E-state index in [1.54, 1.807) is 14.0 Å². The predicted octanol–water partition coefficient (Wildman–Crippen LogP) is -0.640. The topological polar surface area (TPSA) is 55.3 Å². The maximum absolute atomic E-state index is 11.6. The minimum Gasteiger partial charge on any atom is -0.494 e. The van der Waals surface area contributed by atoms with Gasteiger partial charge in [-0.1, -0.05) is 0 Å². The number of rotatable bonds is 2. The van der Waals surface area contributed by atoms with E-state index in [4.69, 9.17) is 36.1 Å². The summed E-state index contributed by atoms with van der Waals surface area (Å²) in [5, 5.41) is 0. The van der Waals surface area contributed by atoms with Crippen molar-refractivity contribution in [3.8, 4) is 0 Å². The number of hydrogen-bond acceptors (Lipinski definition) is 6. The SMILES string of the molecule is CCOC(=O)C1=C(S)C(N)=[N+]([S-])[N+]1(C)[S-]. The lowest BCUT2D eigenvalue weighted by atomic mass is 10.4. The Hall–Kier alpha value is -0.440. The third kappa shape index (κ3) is 1.94. The standard InChI is InChI=1S/C7H11N3O2S3/c1-3-12-7(11)4-5(13)6(8)9(14)10(4,2)15/h13H,3,8H2,1-2H3. The third-order valence-electron chi connectivity index (χ3n) is 1.90. The monoisotopic (exact) mass is 265 g/mol. The van der Waals surface area contributed by atoms with Gasteiger partial charge in [-0.25, -0.2) is 12.9 Å². The fourth-order valence-electron chi connectivity index (χ4n) is 1.17. The Balaban J connectivity index is 3.17. The van der Waals surface area contributed by atoms with Crippen molar-refractivity contribution in [3.63, 3.8) is 0 Å². The molecule has 0 amide bonds. The second-order valence-corrected chi connectivity index (χ2v) is 4.46. The number of quaternary nitrogens is 1. The molecule has 0 bridgehead atoms. The van der Waals surface area contributed by atoms with E-state index >= 15 is 0 Å². The van der Waals surface area contributed by atoms with Crippen molar-refractivity contribution in [3.05, 3.63) is 10.6 Å². The molecule has 0 aromatic heterocycles. The number of likely N-dealkylation sites (N-methyl/N-ethyl adjacent to an activating group) is 1.